The molecule has 0 bridgehead atoms. The van der Waals surface area contributed by atoms with Crippen LogP contribution in [-0.2, 0) is 9.84 Å². The van der Waals surface area contributed by atoms with E-state index in [4.69, 9.17) is 17.3 Å². The molecule has 5 heteroatoms. The SMILES string of the molecule is NC1=CS(=O)(=O)C=C1c1ccccc1Cl. The molecule has 0 atom stereocenters. The van der Waals surface area contributed by atoms with Crippen molar-refractivity contribution in [1.82, 2.24) is 0 Å². The highest BCUT2D eigenvalue weighted by molar-refractivity contribution is 7.97. The normalized spacial score (nSPS) is 18.5. The van der Waals surface area contributed by atoms with Gasteiger partial charge in [0.1, 0.15) is 0 Å². The van der Waals surface area contributed by atoms with Crippen molar-refractivity contribution in [1.29, 1.82) is 0 Å². The third-order valence-corrected chi connectivity index (χ3v) is 3.52. The second-order valence-corrected chi connectivity index (χ2v) is 5.23. The van der Waals surface area contributed by atoms with Crippen molar-refractivity contribution in [3.8, 4) is 0 Å². The molecule has 0 aliphatic carbocycles. The van der Waals surface area contributed by atoms with Crippen LogP contribution in [0.4, 0.5) is 0 Å². The van der Waals surface area contributed by atoms with E-state index in [0.717, 1.165) is 10.8 Å². The van der Waals surface area contributed by atoms with Crippen LogP contribution in [0.1, 0.15) is 5.56 Å². The molecule has 0 aromatic heterocycles. The fourth-order valence-electron chi connectivity index (χ4n) is 1.41. The highest BCUT2D eigenvalue weighted by atomic mass is 35.5. The van der Waals surface area contributed by atoms with Gasteiger partial charge in [0.15, 0.2) is 9.84 Å². The zero-order valence-corrected chi connectivity index (χ0v) is 9.22. The molecule has 2 N–H and O–H groups in total. The largest absolute Gasteiger partial charge is 0.398 e. The average molecular weight is 242 g/mol. The Bertz CT molecular complexity index is 573. The number of rotatable bonds is 1. The van der Waals surface area contributed by atoms with Crippen LogP contribution < -0.4 is 5.73 Å². The van der Waals surface area contributed by atoms with Crippen molar-refractivity contribution in [2.45, 2.75) is 0 Å². The summed E-state index contributed by atoms with van der Waals surface area (Å²) in [6, 6.07) is 6.97. The molecule has 1 aromatic rings. The number of hydrogen-bond donors (Lipinski definition) is 1. The van der Waals surface area contributed by atoms with Crippen molar-refractivity contribution in [3.05, 3.63) is 51.4 Å². The molecule has 0 unspecified atom stereocenters. The van der Waals surface area contributed by atoms with Crippen LogP contribution in [0.25, 0.3) is 5.57 Å². The summed E-state index contributed by atoms with van der Waals surface area (Å²) in [5.41, 5.74) is 6.93. The van der Waals surface area contributed by atoms with Crippen molar-refractivity contribution >= 4 is 27.0 Å². The van der Waals surface area contributed by atoms with E-state index in [9.17, 15) is 8.42 Å². The minimum Gasteiger partial charge on any atom is -0.398 e. The number of halogens is 1. The Morgan fingerprint density at radius 3 is 2.33 bits per heavy atom. The molecular formula is C10H8ClNO2S. The molecule has 0 fully saturated rings. The first kappa shape index (κ1) is 10.3. The molecule has 0 spiro atoms. The lowest BCUT2D eigenvalue weighted by Crippen LogP contribution is -1.97. The van der Waals surface area contributed by atoms with Crippen molar-refractivity contribution in [3.63, 3.8) is 0 Å². The summed E-state index contributed by atoms with van der Waals surface area (Å²) in [5, 5.41) is 2.65. The maximum atomic E-state index is 11.3. The second kappa shape index (κ2) is 3.40. The van der Waals surface area contributed by atoms with E-state index in [1.807, 2.05) is 0 Å². The number of sulfone groups is 1. The van der Waals surface area contributed by atoms with Crippen molar-refractivity contribution < 1.29 is 8.42 Å². The smallest absolute Gasteiger partial charge is 0.195 e. The van der Waals surface area contributed by atoms with E-state index < -0.39 is 9.84 Å². The van der Waals surface area contributed by atoms with Crippen LogP contribution in [0.5, 0.6) is 0 Å². The maximum Gasteiger partial charge on any atom is 0.195 e. The van der Waals surface area contributed by atoms with Crippen LogP contribution >= 0.6 is 11.6 Å². The Balaban J connectivity index is 2.61. The first-order valence-electron chi connectivity index (χ1n) is 4.19. The summed E-state index contributed by atoms with van der Waals surface area (Å²) in [5.74, 6) is 0. The van der Waals surface area contributed by atoms with Gasteiger partial charge in [0.05, 0.1) is 11.1 Å². The van der Waals surface area contributed by atoms with Crippen molar-refractivity contribution in [2.24, 2.45) is 5.73 Å². The second-order valence-electron chi connectivity index (χ2n) is 3.17. The van der Waals surface area contributed by atoms with E-state index in [2.05, 4.69) is 0 Å². The molecular weight excluding hydrogens is 234 g/mol. The van der Waals surface area contributed by atoms with Gasteiger partial charge < -0.3 is 5.73 Å². The third-order valence-electron chi connectivity index (χ3n) is 2.05. The lowest BCUT2D eigenvalue weighted by atomic mass is 10.1. The summed E-state index contributed by atoms with van der Waals surface area (Å²) in [7, 11) is -3.32. The number of hydrogen-bond acceptors (Lipinski definition) is 3. The molecule has 78 valence electrons. The first-order chi connectivity index (χ1) is 6.99. The van der Waals surface area contributed by atoms with Gasteiger partial charge in [-0.25, -0.2) is 8.42 Å². The summed E-state index contributed by atoms with van der Waals surface area (Å²) in [6.45, 7) is 0. The molecule has 3 nitrogen and oxygen atoms in total. The van der Waals surface area contributed by atoms with Gasteiger partial charge in [-0.2, -0.15) is 0 Å². The van der Waals surface area contributed by atoms with Crippen LogP contribution in [0, 0.1) is 0 Å². The number of benzene rings is 1. The summed E-state index contributed by atoms with van der Waals surface area (Å²) in [6.07, 6.45) is 0. The topological polar surface area (TPSA) is 60.2 Å². The van der Waals surface area contributed by atoms with E-state index >= 15 is 0 Å². The van der Waals surface area contributed by atoms with Crippen LogP contribution in [0.15, 0.2) is 40.8 Å². The Hall–Kier alpha value is -1.26. The monoisotopic (exact) mass is 241 g/mol. The predicted octanol–water partition coefficient (Wildman–Crippen LogP) is 1.91. The minimum absolute atomic E-state index is 0.225. The van der Waals surface area contributed by atoms with Crippen molar-refractivity contribution in [2.75, 3.05) is 0 Å². The van der Waals surface area contributed by atoms with Gasteiger partial charge in [-0.15, -0.1) is 0 Å². The Morgan fingerprint density at radius 1 is 1.13 bits per heavy atom. The van der Waals surface area contributed by atoms with Gasteiger partial charge in [-0.3, -0.25) is 0 Å². The maximum absolute atomic E-state index is 11.3. The number of nitrogens with two attached hydrogens (primary N) is 1. The molecule has 0 radical (unpaired) electrons. The molecule has 1 heterocycles. The lowest BCUT2D eigenvalue weighted by molar-refractivity contribution is 0.613. The fourth-order valence-corrected chi connectivity index (χ4v) is 2.78. The fraction of sp³-hybridized carbons (Fsp3) is 0. The molecule has 0 saturated heterocycles. The minimum atomic E-state index is -3.32. The Morgan fingerprint density at radius 2 is 1.80 bits per heavy atom. The van der Waals surface area contributed by atoms with Crippen LogP contribution in [0.3, 0.4) is 0 Å². The molecule has 1 aromatic carbocycles. The van der Waals surface area contributed by atoms with E-state index in [-0.39, 0.29) is 5.70 Å². The van der Waals surface area contributed by atoms with Gasteiger partial charge in [-0.05, 0) is 6.07 Å². The third kappa shape index (κ3) is 1.91. The highest BCUT2D eigenvalue weighted by Crippen LogP contribution is 2.31. The van der Waals surface area contributed by atoms with Gasteiger partial charge in [0.2, 0.25) is 0 Å². The van der Waals surface area contributed by atoms with E-state index in [1.165, 1.54) is 0 Å². The van der Waals surface area contributed by atoms with Gasteiger partial charge >= 0.3 is 0 Å². The van der Waals surface area contributed by atoms with Gasteiger partial charge in [0.25, 0.3) is 0 Å². The molecule has 2 rings (SSSR count). The van der Waals surface area contributed by atoms with E-state index in [0.29, 0.717) is 16.2 Å². The van der Waals surface area contributed by atoms with Crippen LogP contribution in [-0.4, -0.2) is 8.42 Å². The molecule has 15 heavy (non-hydrogen) atoms. The first-order valence-corrected chi connectivity index (χ1v) is 6.17. The van der Waals surface area contributed by atoms with Crippen LogP contribution in [0.2, 0.25) is 5.02 Å². The molecule has 0 amide bonds. The summed E-state index contributed by atoms with van der Waals surface area (Å²) in [4.78, 5) is 0. The molecule has 1 aliphatic rings. The average Bonchev–Trinajstić information content (AvgIpc) is 2.40. The standard InChI is InChI=1S/C10H8ClNO2S/c11-9-4-2-1-3-7(9)8-5-15(13,14)6-10(8)12/h1-6H,12H2. The highest BCUT2D eigenvalue weighted by Gasteiger charge is 2.20. The summed E-state index contributed by atoms with van der Waals surface area (Å²) >= 11 is 5.94. The Kier molecular flexibility index (Phi) is 2.32. The lowest BCUT2D eigenvalue weighted by Gasteiger charge is -2.04. The Labute approximate surface area is 92.8 Å². The number of allylic oxidation sites excluding steroid dienone is 1. The predicted molar refractivity (Wildman–Crippen MR) is 60.6 cm³/mol. The quantitative estimate of drug-likeness (QED) is 0.817. The molecule has 1 aliphatic heterocycles. The van der Waals surface area contributed by atoms with Gasteiger partial charge in [0, 0.05) is 21.6 Å². The zero-order chi connectivity index (χ0) is 11.1. The van der Waals surface area contributed by atoms with Gasteiger partial charge in [-0.1, -0.05) is 29.8 Å². The zero-order valence-electron chi connectivity index (χ0n) is 7.64. The van der Waals surface area contributed by atoms with E-state index in [1.54, 1.807) is 24.3 Å². The molecule has 0 saturated carbocycles. The summed E-state index contributed by atoms with van der Waals surface area (Å²) < 4.78 is 22.5.